The lowest BCUT2D eigenvalue weighted by Gasteiger charge is -2.10. The van der Waals surface area contributed by atoms with E-state index in [0.29, 0.717) is 17.5 Å². The summed E-state index contributed by atoms with van der Waals surface area (Å²) in [5.41, 5.74) is 10.4. The fraction of sp³-hybridized carbons (Fsp3) is 0. The summed E-state index contributed by atoms with van der Waals surface area (Å²) in [5, 5.41) is 11.6. The molecule has 5 nitrogen and oxygen atoms in total. The fourth-order valence-electron chi connectivity index (χ4n) is 10.8. The quantitative estimate of drug-likeness (QED) is 0.172. The number of fused-ring (bicyclic) bond motifs is 15. The van der Waals surface area contributed by atoms with E-state index in [0.717, 1.165) is 82.8 Å². The average Bonchev–Trinajstić information content (AvgIpc) is 4.25. The highest BCUT2D eigenvalue weighted by Crippen LogP contribution is 2.45. The van der Waals surface area contributed by atoms with Crippen molar-refractivity contribution in [3.8, 4) is 56.4 Å². The van der Waals surface area contributed by atoms with Crippen LogP contribution < -0.4 is 0 Å². The van der Waals surface area contributed by atoms with Gasteiger partial charge in [-0.15, -0.1) is 34.0 Å². The van der Waals surface area contributed by atoms with Crippen LogP contribution in [0.1, 0.15) is 0 Å². The highest BCUT2D eigenvalue weighted by molar-refractivity contribution is 7.26. The summed E-state index contributed by atoms with van der Waals surface area (Å²) in [6, 6.07) is 71.4. The van der Waals surface area contributed by atoms with Crippen molar-refractivity contribution >= 4 is 138 Å². The Morgan fingerprint density at radius 3 is 1.35 bits per heavy atom. The smallest absolute Gasteiger partial charge is 0.164 e. The predicted molar refractivity (Wildman–Crippen MR) is 300 cm³/mol. The molecule has 0 N–H and O–H groups in total. The van der Waals surface area contributed by atoms with Gasteiger partial charge in [0.25, 0.3) is 0 Å². The maximum Gasteiger partial charge on any atom is 0.164 e. The lowest BCUT2D eigenvalue weighted by atomic mass is 9.93. The third-order valence-electron chi connectivity index (χ3n) is 14.1. The standard InChI is InChI=1S/C63H33N3O2S3/c1-5-15-49-45(13-1)59-47(29-38(30-52(59)68-49)34-20-24-42-39-10-2-6-17-53(39)69-56(42)31-34)35-23-27-50-48(28-35)60-46(14-9-16-51(60)67-50)63-65-61(36-21-25-43-40-11-3-7-18-54(40)70-57(43)32-36)64-62(66-63)37-22-26-44-41-12-4-8-19-55(41)71-58(44)33-37/h1-33H. The Kier molecular flexibility index (Phi) is 8.30. The summed E-state index contributed by atoms with van der Waals surface area (Å²) in [6.07, 6.45) is 0. The van der Waals surface area contributed by atoms with Gasteiger partial charge < -0.3 is 8.83 Å². The number of hydrogen-bond donors (Lipinski definition) is 0. The highest BCUT2D eigenvalue weighted by Gasteiger charge is 2.22. The maximum atomic E-state index is 6.71. The van der Waals surface area contributed by atoms with Gasteiger partial charge in [0.2, 0.25) is 0 Å². The molecule has 6 heterocycles. The number of thiophene rings is 3. The second kappa shape index (κ2) is 15.0. The normalized spacial score (nSPS) is 12.2. The molecule has 6 aromatic heterocycles. The minimum Gasteiger partial charge on any atom is -0.456 e. The number of benzene rings is 10. The van der Waals surface area contributed by atoms with Crippen LogP contribution in [0.3, 0.4) is 0 Å². The molecule has 0 amide bonds. The average molecular weight is 960 g/mol. The van der Waals surface area contributed by atoms with Gasteiger partial charge in [0.1, 0.15) is 22.3 Å². The van der Waals surface area contributed by atoms with Gasteiger partial charge in [-0.05, 0) is 95.1 Å². The third-order valence-corrected chi connectivity index (χ3v) is 17.5. The first-order chi connectivity index (χ1) is 35.1. The van der Waals surface area contributed by atoms with Gasteiger partial charge in [-0.3, -0.25) is 0 Å². The third kappa shape index (κ3) is 6.06. The maximum absolute atomic E-state index is 6.71. The van der Waals surface area contributed by atoms with Gasteiger partial charge in [0.05, 0.1) is 0 Å². The summed E-state index contributed by atoms with van der Waals surface area (Å²) in [6.45, 7) is 0. The van der Waals surface area contributed by atoms with Crippen LogP contribution in [-0.4, -0.2) is 15.0 Å². The van der Waals surface area contributed by atoms with E-state index in [1.165, 1.54) is 60.5 Å². The molecule has 8 heteroatoms. The van der Waals surface area contributed by atoms with Crippen molar-refractivity contribution in [3.63, 3.8) is 0 Å². The Morgan fingerprint density at radius 2 is 0.718 bits per heavy atom. The van der Waals surface area contributed by atoms with E-state index in [1.807, 2.05) is 29.5 Å². The molecule has 16 rings (SSSR count). The van der Waals surface area contributed by atoms with Gasteiger partial charge in [-0.25, -0.2) is 15.0 Å². The Hall–Kier alpha value is -8.53. The number of furan rings is 2. The zero-order chi connectivity index (χ0) is 46.3. The Morgan fingerprint density at radius 1 is 0.254 bits per heavy atom. The molecule has 0 unspecified atom stereocenters. The van der Waals surface area contributed by atoms with Crippen molar-refractivity contribution in [2.45, 2.75) is 0 Å². The van der Waals surface area contributed by atoms with Crippen LogP contribution in [0.15, 0.2) is 209 Å². The van der Waals surface area contributed by atoms with Gasteiger partial charge in [0, 0.05) is 98.8 Å². The molecular weight excluding hydrogens is 927 g/mol. The van der Waals surface area contributed by atoms with Crippen molar-refractivity contribution < 1.29 is 8.83 Å². The molecule has 71 heavy (non-hydrogen) atoms. The number of para-hydroxylation sites is 1. The Labute approximate surface area is 416 Å². The lowest BCUT2D eigenvalue weighted by molar-refractivity contribution is 0.669. The number of hydrogen-bond acceptors (Lipinski definition) is 8. The summed E-state index contributed by atoms with van der Waals surface area (Å²) >= 11 is 5.42. The molecule has 0 bridgehead atoms. The van der Waals surface area contributed by atoms with E-state index in [-0.39, 0.29) is 0 Å². The topological polar surface area (TPSA) is 65.0 Å². The summed E-state index contributed by atoms with van der Waals surface area (Å²) in [5.74, 6) is 1.82. The molecule has 330 valence electrons. The van der Waals surface area contributed by atoms with E-state index in [4.69, 9.17) is 23.8 Å². The van der Waals surface area contributed by atoms with E-state index in [1.54, 1.807) is 22.7 Å². The molecule has 0 fully saturated rings. The monoisotopic (exact) mass is 959 g/mol. The molecule has 0 spiro atoms. The minimum absolute atomic E-state index is 0.582. The zero-order valence-electron chi connectivity index (χ0n) is 37.4. The van der Waals surface area contributed by atoms with Crippen LogP contribution in [0.5, 0.6) is 0 Å². The first kappa shape index (κ1) is 39.3. The fourth-order valence-corrected chi connectivity index (χ4v) is 14.3. The molecule has 0 aliphatic rings. The van der Waals surface area contributed by atoms with E-state index >= 15 is 0 Å². The van der Waals surface area contributed by atoms with Crippen LogP contribution in [-0.2, 0) is 0 Å². The molecule has 16 aromatic rings. The first-order valence-electron chi connectivity index (χ1n) is 23.5. The van der Waals surface area contributed by atoms with Gasteiger partial charge in [0.15, 0.2) is 17.5 Å². The summed E-state index contributed by atoms with van der Waals surface area (Å²) in [7, 11) is 0. The van der Waals surface area contributed by atoms with Gasteiger partial charge in [-0.1, -0.05) is 127 Å². The van der Waals surface area contributed by atoms with Crippen LogP contribution in [0, 0.1) is 0 Å². The molecule has 10 aromatic carbocycles. The largest absolute Gasteiger partial charge is 0.456 e. The first-order valence-corrected chi connectivity index (χ1v) is 26.0. The van der Waals surface area contributed by atoms with E-state index < -0.39 is 0 Å². The Balaban J connectivity index is 0.901. The molecule has 0 saturated heterocycles. The van der Waals surface area contributed by atoms with Crippen LogP contribution in [0.2, 0.25) is 0 Å². The molecule has 0 radical (unpaired) electrons. The van der Waals surface area contributed by atoms with Crippen LogP contribution in [0.25, 0.3) is 161 Å². The molecule has 0 saturated carbocycles. The number of rotatable bonds is 5. The van der Waals surface area contributed by atoms with Crippen molar-refractivity contribution in [3.05, 3.63) is 200 Å². The zero-order valence-corrected chi connectivity index (χ0v) is 39.9. The van der Waals surface area contributed by atoms with Crippen LogP contribution in [0.4, 0.5) is 0 Å². The minimum atomic E-state index is 0.582. The van der Waals surface area contributed by atoms with Crippen molar-refractivity contribution in [2.75, 3.05) is 0 Å². The highest BCUT2D eigenvalue weighted by atomic mass is 32.1. The predicted octanol–water partition coefficient (Wildman–Crippen LogP) is 19.1. The van der Waals surface area contributed by atoms with Crippen LogP contribution >= 0.6 is 34.0 Å². The molecule has 0 atom stereocenters. The molecule has 0 aliphatic carbocycles. The van der Waals surface area contributed by atoms with Crippen molar-refractivity contribution in [1.82, 2.24) is 15.0 Å². The Bertz CT molecular complexity index is 4780. The lowest BCUT2D eigenvalue weighted by Crippen LogP contribution is -2.00. The molecule has 0 aliphatic heterocycles. The molecular formula is C63H33N3O2S3. The summed E-state index contributed by atoms with van der Waals surface area (Å²) < 4.78 is 20.8. The van der Waals surface area contributed by atoms with E-state index in [9.17, 15) is 0 Å². The second-order valence-electron chi connectivity index (χ2n) is 18.2. The SMILES string of the molecule is c1ccc2c(c1)oc1cc(-c3ccc4c(c3)sc3ccccc34)cc(-c3ccc4oc5cccc(-c6nc(-c7ccc8c(c7)sc7ccccc78)nc(-c7ccc8c(c7)sc7ccccc78)n6)c5c4c3)c12. The van der Waals surface area contributed by atoms with Gasteiger partial charge >= 0.3 is 0 Å². The van der Waals surface area contributed by atoms with Gasteiger partial charge in [-0.2, -0.15) is 0 Å². The second-order valence-corrected chi connectivity index (χ2v) is 21.5. The van der Waals surface area contributed by atoms with Crippen molar-refractivity contribution in [1.29, 1.82) is 0 Å². The van der Waals surface area contributed by atoms with Crippen molar-refractivity contribution in [2.24, 2.45) is 0 Å². The summed E-state index contributed by atoms with van der Waals surface area (Å²) in [4.78, 5) is 16.0. The number of nitrogens with zero attached hydrogens (tertiary/aromatic N) is 3. The number of aromatic nitrogens is 3. The van der Waals surface area contributed by atoms with E-state index in [2.05, 4.69) is 182 Å².